The first-order valence-corrected chi connectivity index (χ1v) is 6.88. The number of carbonyl (C=O) groups is 1. The molecule has 0 atom stereocenters. The van der Waals surface area contributed by atoms with Crippen molar-refractivity contribution in [3.05, 3.63) is 34.6 Å². The first-order chi connectivity index (χ1) is 9.08. The van der Waals surface area contributed by atoms with E-state index in [0.29, 0.717) is 30.1 Å². The Balaban J connectivity index is 2.35. The third-order valence-corrected chi connectivity index (χ3v) is 3.19. The van der Waals surface area contributed by atoms with Crippen LogP contribution < -0.4 is 5.32 Å². The zero-order chi connectivity index (χ0) is 14.3. The van der Waals surface area contributed by atoms with Crippen LogP contribution in [0.3, 0.4) is 0 Å². The van der Waals surface area contributed by atoms with Crippen LogP contribution in [0.5, 0.6) is 0 Å². The highest BCUT2D eigenvalue weighted by Crippen LogP contribution is 2.14. The van der Waals surface area contributed by atoms with Gasteiger partial charge in [-0.25, -0.2) is 4.39 Å². The maximum atomic E-state index is 13.4. The van der Waals surface area contributed by atoms with Crippen molar-refractivity contribution < 1.29 is 9.18 Å². The molecule has 0 heterocycles. The molecule has 0 aliphatic heterocycles. The van der Waals surface area contributed by atoms with E-state index in [1.165, 1.54) is 12.1 Å². The van der Waals surface area contributed by atoms with Gasteiger partial charge in [0.1, 0.15) is 5.82 Å². The van der Waals surface area contributed by atoms with Crippen LogP contribution in [0.4, 0.5) is 4.39 Å². The summed E-state index contributed by atoms with van der Waals surface area (Å²) >= 11 is 5.80. The summed E-state index contributed by atoms with van der Waals surface area (Å²) in [7, 11) is 0. The minimum atomic E-state index is -0.285. The van der Waals surface area contributed by atoms with Crippen LogP contribution in [0.15, 0.2) is 18.2 Å². The third kappa shape index (κ3) is 5.17. The zero-order valence-corrected chi connectivity index (χ0v) is 12.1. The Morgan fingerprint density at radius 2 is 2.05 bits per heavy atom. The average Bonchev–Trinajstić information content (AvgIpc) is 2.40. The van der Waals surface area contributed by atoms with E-state index in [1.807, 2.05) is 13.8 Å². The number of nitrogens with one attached hydrogen (secondary N) is 1. The maximum absolute atomic E-state index is 13.4. The molecule has 0 radical (unpaired) electrons. The molecule has 0 unspecified atom stereocenters. The molecule has 0 saturated heterocycles. The summed E-state index contributed by atoms with van der Waals surface area (Å²) in [5, 5.41) is 3.57. The van der Waals surface area contributed by atoms with Gasteiger partial charge < -0.3 is 10.2 Å². The lowest BCUT2D eigenvalue weighted by Gasteiger charge is -2.18. The number of benzene rings is 1. The van der Waals surface area contributed by atoms with Gasteiger partial charge in [0.05, 0.1) is 0 Å². The molecule has 0 aliphatic rings. The quantitative estimate of drug-likeness (QED) is 0.782. The van der Waals surface area contributed by atoms with Gasteiger partial charge in [0.2, 0.25) is 5.91 Å². The Morgan fingerprint density at radius 3 is 2.68 bits per heavy atom. The molecule has 3 nitrogen and oxygen atoms in total. The van der Waals surface area contributed by atoms with Gasteiger partial charge in [0, 0.05) is 43.2 Å². The van der Waals surface area contributed by atoms with Crippen molar-refractivity contribution in [2.75, 3.05) is 19.6 Å². The number of hydrogen-bond acceptors (Lipinski definition) is 2. The van der Waals surface area contributed by atoms with Crippen LogP contribution in [0.1, 0.15) is 25.8 Å². The van der Waals surface area contributed by atoms with Crippen LogP contribution in [-0.2, 0) is 11.3 Å². The van der Waals surface area contributed by atoms with Crippen molar-refractivity contribution in [2.45, 2.75) is 26.8 Å². The normalized spacial score (nSPS) is 10.5. The lowest BCUT2D eigenvalue weighted by Crippen LogP contribution is -2.32. The molecule has 19 heavy (non-hydrogen) atoms. The second-order valence-corrected chi connectivity index (χ2v) is 4.66. The number of hydrogen-bond donors (Lipinski definition) is 1. The molecule has 0 aromatic heterocycles. The van der Waals surface area contributed by atoms with Gasteiger partial charge in [-0.2, -0.15) is 0 Å². The molecule has 0 saturated carbocycles. The molecule has 0 aliphatic carbocycles. The van der Waals surface area contributed by atoms with Crippen LogP contribution in [0, 0.1) is 5.82 Å². The highest BCUT2D eigenvalue weighted by molar-refractivity contribution is 6.30. The van der Waals surface area contributed by atoms with Crippen molar-refractivity contribution in [3.8, 4) is 0 Å². The highest BCUT2D eigenvalue weighted by Gasteiger charge is 2.08. The molecule has 0 fully saturated rings. The molecule has 1 N–H and O–H groups in total. The number of nitrogens with zero attached hydrogens (tertiary/aromatic N) is 1. The van der Waals surface area contributed by atoms with E-state index in [1.54, 1.807) is 11.0 Å². The van der Waals surface area contributed by atoms with Crippen LogP contribution in [0.2, 0.25) is 5.02 Å². The summed E-state index contributed by atoms with van der Waals surface area (Å²) in [4.78, 5) is 13.5. The van der Waals surface area contributed by atoms with Crippen LogP contribution in [0.25, 0.3) is 0 Å². The highest BCUT2D eigenvalue weighted by atomic mass is 35.5. The topological polar surface area (TPSA) is 32.3 Å². The van der Waals surface area contributed by atoms with Gasteiger partial charge in [-0.05, 0) is 32.0 Å². The predicted octanol–water partition coefficient (Wildman–Crippen LogP) is 2.83. The predicted molar refractivity (Wildman–Crippen MR) is 75.7 cm³/mol. The van der Waals surface area contributed by atoms with E-state index in [2.05, 4.69) is 5.32 Å². The molecular weight excluding hydrogens is 267 g/mol. The fraction of sp³-hybridized carbons (Fsp3) is 0.500. The fourth-order valence-corrected chi connectivity index (χ4v) is 2.03. The van der Waals surface area contributed by atoms with E-state index in [-0.39, 0.29) is 11.7 Å². The molecule has 106 valence electrons. The van der Waals surface area contributed by atoms with E-state index in [9.17, 15) is 9.18 Å². The Labute approximate surface area is 118 Å². The molecule has 0 bridgehead atoms. The van der Waals surface area contributed by atoms with Crippen molar-refractivity contribution in [3.63, 3.8) is 0 Å². The molecule has 1 rings (SSSR count). The fourth-order valence-electron chi connectivity index (χ4n) is 1.83. The van der Waals surface area contributed by atoms with Crippen molar-refractivity contribution in [2.24, 2.45) is 0 Å². The van der Waals surface area contributed by atoms with Gasteiger partial charge in [0.25, 0.3) is 0 Å². The average molecular weight is 287 g/mol. The monoisotopic (exact) mass is 286 g/mol. The summed E-state index contributed by atoms with van der Waals surface area (Å²) < 4.78 is 13.4. The Kier molecular flexibility index (Phi) is 6.81. The number of rotatable bonds is 7. The standard InChI is InChI=1S/C14H20ClFN2O/c1-3-18(4-2)14(19)7-8-17-10-11-9-12(15)5-6-13(11)16/h5-6,9,17H,3-4,7-8,10H2,1-2H3. The molecule has 1 aromatic rings. The number of amides is 1. The second-order valence-electron chi connectivity index (χ2n) is 4.23. The maximum Gasteiger partial charge on any atom is 0.223 e. The molecule has 5 heteroatoms. The number of halogens is 2. The van der Waals surface area contributed by atoms with Gasteiger partial charge in [-0.15, -0.1) is 0 Å². The smallest absolute Gasteiger partial charge is 0.223 e. The molecular formula is C14H20ClFN2O. The molecule has 1 amide bonds. The summed E-state index contributed by atoms with van der Waals surface area (Å²) in [6, 6.07) is 4.46. The van der Waals surface area contributed by atoms with Gasteiger partial charge in [-0.3, -0.25) is 4.79 Å². The zero-order valence-electron chi connectivity index (χ0n) is 11.4. The van der Waals surface area contributed by atoms with E-state index < -0.39 is 0 Å². The Bertz CT molecular complexity index is 422. The van der Waals surface area contributed by atoms with Gasteiger partial charge >= 0.3 is 0 Å². The summed E-state index contributed by atoms with van der Waals surface area (Å²) in [5.41, 5.74) is 0.516. The van der Waals surface area contributed by atoms with E-state index >= 15 is 0 Å². The SMILES string of the molecule is CCN(CC)C(=O)CCNCc1cc(Cl)ccc1F. The summed E-state index contributed by atoms with van der Waals surface area (Å²) in [6.07, 6.45) is 0.421. The first-order valence-electron chi connectivity index (χ1n) is 6.50. The minimum Gasteiger partial charge on any atom is -0.343 e. The Morgan fingerprint density at radius 1 is 1.37 bits per heavy atom. The van der Waals surface area contributed by atoms with Crippen LogP contribution >= 0.6 is 11.6 Å². The lowest BCUT2D eigenvalue weighted by atomic mass is 10.2. The van der Waals surface area contributed by atoms with Gasteiger partial charge in [-0.1, -0.05) is 11.6 Å². The first kappa shape index (κ1) is 15.9. The lowest BCUT2D eigenvalue weighted by molar-refractivity contribution is -0.130. The third-order valence-electron chi connectivity index (χ3n) is 2.96. The summed E-state index contributed by atoms with van der Waals surface area (Å²) in [5.74, 6) is -0.170. The second kappa shape index (κ2) is 8.12. The van der Waals surface area contributed by atoms with Crippen LogP contribution in [-0.4, -0.2) is 30.4 Å². The number of carbonyl (C=O) groups excluding carboxylic acids is 1. The Hall–Kier alpha value is -1.13. The van der Waals surface area contributed by atoms with Crippen molar-refractivity contribution in [1.82, 2.24) is 10.2 Å². The minimum absolute atomic E-state index is 0.115. The van der Waals surface area contributed by atoms with Crippen molar-refractivity contribution in [1.29, 1.82) is 0 Å². The summed E-state index contributed by atoms with van der Waals surface area (Å²) in [6.45, 7) is 6.25. The van der Waals surface area contributed by atoms with Crippen molar-refractivity contribution >= 4 is 17.5 Å². The molecule has 0 spiro atoms. The van der Waals surface area contributed by atoms with Gasteiger partial charge in [0.15, 0.2) is 0 Å². The van der Waals surface area contributed by atoms with E-state index in [0.717, 1.165) is 13.1 Å². The largest absolute Gasteiger partial charge is 0.343 e. The van der Waals surface area contributed by atoms with E-state index in [4.69, 9.17) is 11.6 Å². The molecule has 1 aromatic carbocycles.